The van der Waals surface area contributed by atoms with Gasteiger partial charge in [-0.1, -0.05) is 39.8 Å². The molecular weight excluding hydrogens is 292 g/mol. The Morgan fingerprint density at radius 2 is 1.70 bits per heavy atom. The summed E-state index contributed by atoms with van der Waals surface area (Å²) >= 11 is 3.75. The molecule has 0 aliphatic rings. The van der Waals surface area contributed by atoms with Crippen molar-refractivity contribution in [1.82, 2.24) is 5.32 Å². The van der Waals surface area contributed by atoms with Gasteiger partial charge in [-0.25, -0.2) is 4.79 Å². The Labute approximate surface area is 131 Å². The molecule has 4 nitrogen and oxygen atoms in total. The first-order valence-electron chi connectivity index (χ1n) is 7.07. The summed E-state index contributed by atoms with van der Waals surface area (Å²) in [5, 5.41) is 6.55. The fraction of sp³-hybridized carbons (Fsp3) is 0.857. The van der Waals surface area contributed by atoms with Crippen molar-refractivity contribution < 1.29 is 9.63 Å². The molecule has 118 valence electrons. The number of oxime groups is 1. The van der Waals surface area contributed by atoms with Crippen LogP contribution in [-0.4, -0.2) is 34.9 Å². The number of rotatable bonds is 8. The average Bonchev–Trinajstić information content (AvgIpc) is 2.39. The van der Waals surface area contributed by atoms with E-state index in [9.17, 15) is 4.79 Å². The molecule has 20 heavy (non-hydrogen) atoms. The highest BCUT2D eigenvalue weighted by atomic mass is 32.2. The van der Waals surface area contributed by atoms with Crippen molar-refractivity contribution >= 4 is 35.3 Å². The Kier molecular flexibility index (Phi) is 10.2. The van der Waals surface area contributed by atoms with Crippen LogP contribution in [0.4, 0.5) is 4.79 Å². The third-order valence-corrected chi connectivity index (χ3v) is 5.53. The van der Waals surface area contributed by atoms with Crippen LogP contribution in [0.2, 0.25) is 0 Å². The minimum atomic E-state index is -0.522. The predicted octanol–water partition coefficient (Wildman–Crippen LogP) is 4.36. The number of hydrogen-bond acceptors (Lipinski definition) is 5. The molecule has 0 aliphatic heterocycles. The first-order valence-corrected chi connectivity index (χ1v) is 9.16. The Morgan fingerprint density at radius 3 is 2.05 bits per heavy atom. The summed E-state index contributed by atoms with van der Waals surface area (Å²) in [5.41, 5.74) is 0.804. The fourth-order valence-electron chi connectivity index (χ4n) is 1.33. The summed E-state index contributed by atoms with van der Waals surface area (Å²) in [6.07, 6.45) is 1.73. The van der Waals surface area contributed by atoms with Gasteiger partial charge in [-0.15, -0.1) is 23.5 Å². The van der Waals surface area contributed by atoms with Crippen molar-refractivity contribution in [2.45, 2.75) is 52.0 Å². The van der Waals surface area contributed by atoms with Gasteiger partial charge in [-0.3, -0.25) is 4.84 Å². The molecule has 6 heteroatoms. The van der Waals surface area contributed by atoms with Gasteiger partial charge in [0.1, 0.15) is 0 Å². The number of nitrogens with one attached hydrogen (secondary N) is 1. The van der Waals surface area contributed by atoms with Crippen molar-refractivity contribution in [2.75, 3.05) is 18.6 Å². The van der Waals surface area contributed by atoms with Gasteiger partial charge in [0, 0.05) is 12.5 Å². The zero-order valence-electron chi connectivity index (χ0n) is 13.5. The van der Waals surface area contributed by atoms with Gasteiger partial charge in [-0.2, -0.15) is 0 Å². The van der Waals surface area contributed by atoms with E-state index in [4.69, 9.17) is 4.84 Å². The molecule has 0 aromatic heterocycles. The van der Waals surface area contributed by atoms with Crippen molar-refractivity contribution in [1.29, 1.82) is 0 Å². The average molecular weight is 321 g/mol. The van der Waals surface area contributed by atoms with E-state index in [1.54, 1.807) is 0 Å². The monoisotopic (exact) mass is 320 g/mol. The molecule has 0 spiro atoms. The molecule has 0 aliphatic carbocycles. The van der Waals surface area contributed by atoms with Crippen LogP contribution in [0.1, 0.15) is 47.5 Å². The molecular formula is C14H28N2O2S2. The lowest BCUT2D eigenvalue weighted by atomic mass is 9.91. The summed E-state index contributed by atoms with van der Waals surface area (Å²) in [5.74, 6) is 2.16. The van der Waals surface area contributed by atoms with Gasteiger partial charge >= 0.3 is 6.09 Å². The Balaban J connectivity index is 5.03. The number of nitrogens with zero attached hydrogens (tertiary/aromatic N) is 1. The number of thioether (sulfide) groups is 2. The summed E-state index contributed by atoms with van der Waals surface area (Å²) in [4.78, 5) is 16.2. The molecule has 0 radical (unpaired) electrons. The lowest BCUT2D eigenvalue weighted by Gasteiger charge is -2.27. The molecule has 1 amide bonds. The van der Waals surface area contributed by atoms with E-state index < -0.39 is 6.09 Å². The first kappa shape index (κ1) is 19.6. The number of hydrogen-bond donors (Lipinski definition) is 1. The van der Waals surface area contributed by atoms with Gasteiger partial charge in [0.05, 0.1) is 10.3 Å². The summed E-state index contributed by atoms with van der Waals surface area (Å²) < 4.78 is 0.236. The van der Waals surface area contributed by atoms with Crippen molar-refractivity contribution in [2.24, 2.45) is 10.6 Å². The molecule has 0 atom stereocenters. The quantitative estimate of drug-likeness (QED) is 0.312. The zero-order chi connectivity index (χ0) is 15.6. The Bertz CT molecular complexity index is 307. The number of amides is 1. The smallest absolute Gasteiger partial charge is 0.323 e. The largest absolute Gasteiger partial charge is 0.433 e. The second-order valence-corrected chi connectivity index (χ2v) is 8.15. The van der Waals surface area contributed by atoms with E-state index in [2.05, 4.69) is 45.1 Å². The minimum absolute atomic E-state index is 0.125. The highest BCUT2D eigenvalue weighted by molar-refractivity contribution is 8.18. The van der Waals surface area contributed by atoms with Crippen molar-refractivity contribution in [3.05, 3.63) is 0 Å². The maximum atomic E-state index is 11.2. The molecule has 0 unspecified atom stereocenters. The SMILES string of the molecule is CCCSC(SCCC)C(=NOC(=O)NC)C(C)(C)C. The van der Waals surface area contributed by atoms with Crippen LogP contribution in [0.5, 0.6) is 0 Å². The first-order chi connectivity index (χ1) is 9.36. The third-order valence-electron chi connectivity index (χ3n) is 2.37. The van der Waals surface area contributed by atoms with Gasteiger partial charge in [0.15, 0.2) is 0 Å². The van der Waals surface area contributed by atoms with Crippen LogP contribution in [-0.2, 0) is 4.84 Å². The number of carbonyl (C=O) groups is 1. The van der Waals surface area contributed by atoms with Gasteiger partial charge in [0.2, 0.25) is 0 Å². The second kappa shape index (κ2) is 10.4. The molecule has 0 saturated heterocycles. The van der Waals surface area contributed by atoms with Crippen LogP contribution < -0.4 is 5.32 Å². The van der Waals surface area contributed by atoms with Crippen LogP contribution in [0, 0.1) is 5.41 Å². The van der Waals surface area contributed by atoms with Crippen LogP contribution in [0.3, 0.4) is 0 Å². The summed E-state index contributed by atoms with van der Waals surface area (Å²) in [6, 6.07) is 0. The molecule has 0 aromatic rings. The second-order valence-electron chi connectivity index (χ2n) is 5.43. The highest BCUT2D eigenvalue weighted by Crippen LogP contribution is 2.33. The molecule has 0 bridgehead atoms. The molecule has 1 N–H and O–H groups in total. The number of carbonyl (C=O) groups excluding carboxylic acids is 1. The third kappa shape index (κ3) is 8.04. The molecule has 0 aromatic carbocycles. The minimum Gasteiger partial charge on any atom is -0.323 e. The normalized spacial score (nSPS) is 12.7. The fourth-order valence-corrected chi connectivity index (χ4v) is 4.30. The molecule has 0 heterocycles. The molecule has 0 saturated carbocycles. The predicted molar refractivity (Wildman–Crippen MR) is 91.7 cm³/mol. The molecule has 0 rings (SSSR count). The van der Waals surface area contributed by atoms with E-state index >= 15 is 0 Å². The van der Waals surface area contributed by atoms with Gasteiger partial charge in [0.25, 0.3) is 0 Å². The topological polar surface area (TPSA) is 50.7 Å². The van der Waals surface area contributed by atoms with Crippen LogP contribution in [0.15, 0.2) is 5.16 Å². The Hall–Kier alpha value is -0.360. The Morgan fingerprint density at radius 1 is 1.20 bits per heavy atom. The maximum Gasteiger partial charge on any atom is 0.433 e. The lowest BCUT2D eigenvalue weighted by Crippen LogP contribution is -2.31. The lowest BCUT2D eigenvalue weighted by molar-refractivity contribution is 0.151. The van der Waals surface area contributed by atoms with Crippen molar-refractivity contribution in [3.63, 3.8) is 0 Å². The van der Waals surface area contributed by atoms with Crippen molar-refractivity contribution in [3.8, 4) is 0 Å². The van der Waals surface area contributed by atoms with E-state index in [1.165, 1.54) is 7.05 Å². The molecule has 0 fully saturated rings. The van der Waals surface area contributed by atoms with Crippen LogP contribution in [0.25, 0.3) is 0 Å². The van der Waals surface area contributed by atoms with E-state index in [0.29, 0.717) is 0 Å². The van der Waals surface area contributed by atoms with Gasteiger partial charge in [-0.05, 0) is 24.3 Å². The van der Waals surface area contributed by atoms with E-state index in [-0.39, 0.29) is 10.00 Å². The van der Waals surface area contributed by atoms with Gasteiger partial charge < -0.3 is 5.32 Å². The van der Waals surface area contributed by atoms with E-state index in [0.717, 1.165) is 30.1 Å². The highest BCUT2D eigenvalue weighted by Gasteiger charge is 2.29. The van der Waals surface area contributed by atoms with Crippen LogP contribution >= 0.6 is 23.5 Å². The van der Waals surface area contributed by atoms with E-state index in [1.807, 2.05) is 23.5 Å². The zero-order valence-corrected chi connectivity index (χ0v) is 15.1. The standard InChI is InChI=1S/C14H28N2O2S2/c1-7-9-19-12(20-10-8-2)11(14(3,4)5)16-18-13(17)15-6/h12H,7-10H2,1-6H3,(H,15,17). The summed E-state index contributed by atoms with van der Waals surface area (Å²) in [7, 11) is 1.53. The summed E-state index contributed by atoms with van der Waals surface area (Å²) in [6.45, 7) is 10.6. The maximum absolute atomic E-state index is 11.2.